The number of likely N-dealkylation sites (tertiary alicyclic amines) is 1. The van der Waals surface area contributed by atoms with Gasteiger partial charge >= 0.3 is 0 Å². The first-order chi connectivity index (χ1) is 18.5. The number of hydrogen-bond acceptors (Lipinski definition) is 6. The lowest BCUT2D eigenvalue weighted by Crippen LogP contribution is -2.31. The molecule has 1 fully saturated rings. The van der Waals surface area contributed by atoms with Gasteiger partial charge in [0.05, 0.1) is 23.2 Å². The van der Waals surface area contributed by atoms with Crippen LogP contribution in [-0.4, -0.2) is 55.6 Å². The van der Waals surface area contributed by atoms with Gasteiger partial charge in [0.1, 0.15) is 23.2 Å². The second-order valence-electron chi connectivity index (χ2n) is 10.7. The van der Waals surface area contributed by atoms with E-state index in [0.29, 0.717) is 58.4 Å². The van der Waals surface area contributed by atoms with Crippen molar-refractivity contribution in [3.63, 3.8) is 0 Å². The maximum absolute atomic E-state index is 16.0. The molecule has 3 aromatic carbocycles. The molecule has 4 aromatic rings. The van der Waals surface area contributed by atoms with Crippen LogP contribution < -0.4 is 5.73 Å². The largest absolute Gasteiger partial charge is 0.389 e. The van der Waals surface area contributed by atoms with E-state index in [4.69, 9.17) is 5.73 Å². The summed E-state index contributed by atoms with van der Waals surface area (Å²) in [5.74, 6) is -1.46. The third-order valence-electron chi connectivity index (χ3n) is 6.97. The molecule has 0 radical (unpaired) electrons. The van der Waals surface area contributed by atoms with Crippen LogP contribution in [0.2, 0.25) is 0 Å². The van der Waals surface area contributed by atoms with Gasteiger partial charge in [0.2, 0.25) is 0 Å². The second kappa shape index (κ2) is 9.84. The maximum atomic E-state index is 16.0. The van der Waals surface area contributed by atoms with Crippen LogP contribution >= 0.6 is 0 Å². The molecule has 10 heteroatoms. The van der Waals surface area contributed by atoms with Crippen molar-refractivity contribution < 1.29 is 18.7 Å². The van der Waals surface area contributed by atoms with E-state index in [2.05, 4.69) is 10.3 Å². The molecule has 0 saturated carbocycles. The van der Waals surface area contributed by atoms with Crippen LogP contribution in [0.3, 0.4) is 0 Å². The van der Waals surface area contributed by atoms with E-state index in [0.717, 1.165) is 0 Å². The summed E-state index contributed by atoms with van der Waals surface area (Å²) < 4.78 is 32.2. The summed E-state index contributed by atoms with van der Waals surface area (Å²) in [6, 6.07) is 12.3. The van der Waals surface area contributed by atoms with Gasteiger partial charge < -0.3 is 15.7 Å². The second-order valence-corrected chi connectivity index (χ2v) is 10.7. The van der Waals surface area contributed by atoms with Gasteiger partial charge in [0, 0.05) is 35.8 Å². The first-order valence-corrected chi connectivity index (χ1v) is 12.6. The third-order valence-corrected chi connectivity index (χ3v) is 6.97. The van der Waals surface area contributed by atoms with Gasteiger partial charge in [-0.25, -0.2) is 13.5 Å². The summed E-state index contributed by atoms with van der Waals surface area (Å²) in [5.41, 5.74) is 7.76. The molecule has 2 heterocycles. The molecule has 1 aromatic heterocycles. The molecule has 0 spiro atoms. The Morgan fingerprint density at radius 3 is 2.59 bits per heavy atom. The van der Waals surface area contributed by atoms with Gasteiger partial charge in [-0.3, -0.25) is 4.79 Å². The van der Waals surface area contributed by atoms with Gasteiger partial charge in [-0.15, -0.1) is 5.10 Å². The zero-order chi connectivity index (χ0) is 28.1. The van der Waals surface area contributed by atoms with Gasteiger partial charge in [0.15, 0.2) is 0 Å². The Morgan fingerprint density at radius 1 is 1.18 bits per heavy atom. The van der Waals surface area contributed by atoms with E-state index >= 15 is 4.39 Å². The van der Waals surface area contributed by atoms with Gasteiger partial charge in [-0.1, -0.05) is 17.3 Å². The summed E-state index contributed by atoms with van der Waals surface area (Å²) in [5, 5.41) is 27.8. The SMILES string of the molecule is Cc1c(F)c(-c2ccc(C(=O)N3CC[C@H](N)C3)cc2-c2ccc(C#N)c(F)c2)cc2nnn(CC(C)(C)O)c12. The van der Waals surface area contributed by atoms with E-state index in [1.807, 2.05) is 0 Å². The van der Waals surface area contributed by atoms with E-state index in [9.17, 15) is 19.6 Å². The molecular formula is C29H28F2N6O2. The minimum atomic E-state index is -1.09. The number of aromatic nitrogens is 3. The number of carbonyl (C=O) groups is 1. The molecule has 1 atom stereocenters. The highest BCUT2D eigenvalue weighted by atomic mass is 19.1. The smallest absolute Gasteiger partial charge is 0.253 e. The lowest BCUT2D eigenvalue weighted by Gasteiger charge is -2.19. The highest BCUT2D eigenvalue weighted by Gasteiger charge is 2.27. The topological polar surface area (TPSA) is 121 Å². The minimum absolute atomic E-state index is 0.0889. The standard InChI is InChI=1S/C29H28F2N6O2/c1-16-26(31)23(12-25-27(16)37(35-34-25)15-29(2,3)39)21-7-6-18(28(38)36-9-8-20(33)14-36)10-22(21)17-4-5-19(13-32)24(30)11-17/h4-7,10-12,20,39H,8-9,14-15,33H2,1-3H3/t20-/m0/s1. The molecule has 5 rings (SSSR count). The number of aryl methyl sites for hydroxylation is 1. The predicted molar refractivity (Wildman–Crippen MR) is 143 cm³/mol. The maximum Gasteiger partial charge on any atom is 0.253 e. The summed E-state index contributed by atoms with van der Waals surface area (Å²) in [4.78, 5) is 14.9. The average molecular weight is 531 g/mol. The van der Waals surface area contributed by atoms with Crippen molar-refractivity contribution in [3.8, 4) is 28.3 Å². The number of rotatable bonds is 5. The normalized spacial score (nSPS) is 15.6. The van der Waals surface area contributed by atoms with Gasteiger partial charge in [0.25, 0.3) is 5.91 Å². The van der Waals surface area contributed by atoms with E-state index in [-0.39, 0.29) is 29.6 Å². The van der Waals surface area contributed by atoms with Crippen LogP contribution in [0.4, 0.5) is 8.78 Å². The highest BCUT2D eigenvalue weighted by Crippen LogP contribution is 2.38. The Labute approximate surface area is 224 Å². The van der Waals surface area contributed by atoms with E-state index < -0.39 is 17.2 Å². The number of aliphatic hydroxyl groups is 1. The van der Waals surface area contributed by atoms with Crippen molar-refractivity contribution >= 4 is 16.9 Å². The monoisotopic (exact) mass is 530 g/mol. The number of fused-ring (bicyclic) bond motifs is 1. The predicted octanol–water partition coefficient (Wildman–Crippen LogP) is 4.17. The summed E-state index contributed by atoms with van der Waals surface area (Å²) >= 11 is 0. The van der Waals surface area contributed by atoms with Crippen molar-refractivity contribution in [1.29, 1.82) is 5.26 Å². The number of nitrogens with zero attached hydrogens (tertiary/aromatic N) is 5. The molecule has 3 N–H and O–H groups in total. The number of nitriles is 1. The molecule has 0 unspecified atom stereocenters. The average Bonchev–Trinajstić information content (AvgIpc) is 3.50. The van der Waals surface area contributed by atoms with Gasteiger partial charge in [-0.2, -0.15) is 5.26 Å². The number of hydrogen-bond donors (Lipinski definition) is 2. The Balaban J connectivity index is 1.69. The quantitative estimate of drug-likeness (QED) is 0.400. The molecular weight excluding hydrogens is 502 g/mol. The van der Waals surface area contributed by atoms with Crippen LogP contribution in [0.5, 0.6) is 0 Å². The van der Waals surface area contributed by atoms with Crippen molar-refractivity contribution in [2.45, 2.75) is 45.4 Å². The highest BCUT2D eigenvalue weighted by molar-refractivity contribution is 5.99. The molecule has 0 aliphatic carbocycles. The van der Waals surface area contributed by atoms with Crippen LogP contribution in [-0.2, 0) is 6.54 Å². The number of amides is 1. The van der Waals surface area contributed by atoms with Crippen molar-refractivity contribution in [1.82, 2.24) is 19.9 Å². The third kappa shape index (κ3) is 4.99. The van der Waals surface area contributed by atoms with Crippen LogP contribution in [0.25, 0.3) is 33.3 Å². The lowest BCUT2D eigenvalue weighted by molar-refractivity contribution is 0.0584. The molecule has 1 saturated heterocycles. The Morgan fingerprint density at radius 2 is 1.95 bits per heavy atom. The molecule has 8 nitrogen and oxygen atoms in total. The first-order valence-electron chi connectivity index (χ1n) is 12.6. The number of benzene rings is 3. The lowest BCUT2D eigenvalue weighted by atomic mass is 9.90. The van der Waals surface area contributed by atoms with Crippen molar-refractivity contribution in [2.75, 3.05) is 13.1 Å². The number of halogens is 2. The Bertz CT molecular complexity index is 1650. The zero-order valence-electron chi connectivity index (χ0n) is 21.9. The number of carbonyl (C=O) groups excluding carboxylic acids is 1. The first kappa shape index (κ1) is 26.4. The van der Waals surface area contributed by atoms with Gasteiger partial charge in [-0.05, 0) is 74.2 Å². The molecule has 1 aliphatic rings. The molecule has 39 heavy (non-hydrogen) atoms. The zero-order valence-corrected chi connectivity index (χ0v) is 21.9. The van der Waals surface area contributed by atoms with E-state index in [1.165, 1.54) is 16.8 Å². The summed E-state index contributed by atoms with van der Waals surface area (Å²) in [7, 11) is 0. The fraction of sp³-hybridized carbons (Fsp3) is 0.310. The number of nitrogens with two attached hydrogens (primary N) is 1. The summed E-state index contributed by atoms with van der Waals surface area (Å²) in [6.45, 7) is 5.96. The Kier molecular flexibility index (Phi) is 6.66. The van der Waals surface area contributed by atoms with Crippen molar-refractivity contribution in [2.24, 2.45) is 5.73 Å². The van der Waals surface area contributed by atoms with Crippen LogP contribution in [0.1, 0.15) is 41.8 Å². The Hall–Kier alpha value is -4.20. The summed E-state index contributed by atoms with van der Waals surface area (Å²) in [6.07, 6.45) is 0.705. The van der Waals surface area contributed by atoms with Crippen molar-refractivity contribution in [3.05, 3.63) is 70.8 Å². The fourth-order valence-electron chi connectivity index (χ4n) is 5.07. The van der Waals surface area contributed by atoms with E-state index in [1.54, 1.807) is 62.1 Å². The fourth-order valence-corrected chi connectivity index (χ4v) is 5.07. The minimum Gasteiger partial charge on any atom is -0.389 e. The molecule has 1 aliphatic heterocycles. The van der Waals surface area contributed by atoms with Crippen LogP contribution in [0.15, 0.2) is 42.5 Å². The van der Waals surface area contributed by atoms with Crippen LogP contribution in [0, 0.1) is 29.9 Å². The molecule has 0 bridgehead atoms. The molecule has 1 amide bonds. The molecule has 200 valence electrons.